The van der Waals surface area contributed by atoms with Crippen LogP contribution in [0.15, 0.2) is 42.5 Å². The maximum absolute atomic E-state index is 6.06. The van der Waals surface area contributed by atoms with Gasteiger partial charge in [-0.15, -0.1) is 0 Å². The number of hydrogen-bond donors (Lipinski definition) is 1. The number of halogens is 1. The molecular formula is C14H14ClNO2. The van der Waals surface area contributed by atoms with Crippen LogP contribution >= 0.6 is 11.6 Å². The fraction of sp³-hybridized carbons (Fsp3) is 0.143. The van der Waals surface area contributed by atoms with Crippen LogP contribution in [0.1, 0.15) is 6.92 Å². The molecule has 2 N–H and O–H groups in total. The van der Waals surface area contributed by atoms with Crippen LogP contribution in [0.25, 0.3) is 0 Å². The Labute approximate surface area is 111 Å². The zero-order valence-electron chi connectivity index (χ0n) is 10.0. The Hall–Kier alpha value is -1.87. The Morgan fingerprint density at radius 3 is 2.44 bits per heavy atom. The van der Waals surface area contributed by atoms with Gasteiger partial charge in [-0.3, -0.25) is 0 Å². The van der Waals surface area contributed by atoms with Crippen LogP contribution in [0.3, 0.4) is 0 Å². The highest BCUT2D eigenvalue weighted by Gasteiger charge is 2.08. The molecule has 0 spiro atoms. The summed E-state index contributed by atoms with van der Waals surface area (Å²) in [6.07, 6.45) is 0. The standard InChI is InChI=1S/C14H14ClNO2/c1-2-17-13-5-3-4-6-14(13)18-12-8-7-10(16)9-11(12)15/h3-9H,2,16H2,1H3. The van der Waals surface area contributed by atoms with E-state index in [9.17, 15) is 0 Å². The van der Waals surface area contributed by atoms with E-state index in [2.05, 4.69) is 0 Å². The zero-order valence-corrected chi connectivity index (χ0v) is 10.8. The SMILES string of the molecule is CCOc1ccccc1Oc1ccc(N)cc1Cl. The number of nitrogens with two attached hydrogens (primary N) is 1. The lowest BCUT2D eigenvalue weighted by Gasteiger charge is -2.12. The molecule has 0 amide bonds. The number of nitrogen functional groups attached to an aromatic ring is 1. The molecule has 94 valence electrons. The molecule has 0 saturated carbocycles. The van der Waals surface area contributed by atoms with Crippen LogP contribution < -0.4 is 15.2 Å². The van der Waals surface area contributed by atoms with Gasteiger partial charge in [-0.1, -0.05) is 23.7 Å². The Morgan fingerprint density at radius 1 is 1.06 bits per heavy atom. The van der Waals surface area contributed by atoms with Crippen LogP contribution in [-0.4, -0.2) is 6.61 Å². The molecule has 0 bridgehead atoms. The Bertz CT molecular complexity index is 543. The van der Waals surface area contributed by atoms with Crippen molar-refractivity contribution in [3.63, 3.8) is 0 Å². The lowest BCUT2D eigenvalue weighted by atomic mass is 10.3. The van der Waals surface area contributed by atoms with E-state index in [1.54, 1.807) is 18.2 Å². The number of ether oxygens (including phenoxy) is 2. The predicted octanol–water partition coefficient (Wildman–Crippen LogP) is 4.11. The Morgan fingerprint density at radius 2 is 1.78 bits per heavy atom. The van der Waals surface area contributed by atoms with Crippen molar-refractivity contribution in [2.75, 3.05) is 12.3 Å². The molecule has 18 heavy (non-hydrogen) atoms. The van der Waals surface area contributed by atoms with Gasteiger partial charge < -0.3 is 15.2 Å². The summed E-state index contributed by atoms with van der Waals surface area (Å²) in [5, 5.41) is 0.473. The second kappa shape index (κ2) is 5.65. The molecule has 0 aliphatic rings. The smallest absolute Gasteiger partial charge is 0.169 e. The van der Waals surface area contributed by atoms with Crippen molar-refractivity contribution in [2.24, 2.45) is 0 Å². The summed E-state index contributed by atoms with van der Waals surface area (Å²) < 4.78 is 11.2. The summed E-state index contributed by atoms with van der Waals surface area (Å²) in [5.74, 6) is 1.87. The third-order valence-electron chi connectivity index (χ3n) is 2.32. The third kappa shape index (κ3) is 2.87. The van der Waals surface area contributed by atoms with Crippen LogP contribution in [0, 0.1) is 0 Å². The number of para-hydroxylation sites is 2. The monoisotopic (exact) mass is 263 g/mol. The number of hydrogen-bond acceptors (Lipinski definition) is 3. The molecule has 0 radical (unpaired) electrons. The van der Waals surface area contributed by atoms with Gasteiger partial charge in [0, 0.05) is 5.69 Å². The molecule has 0 saturated heterocycles. The van der Waals surface area contributed by atoms with Gasteiger partial charge in [0.05, 0.1) is 11.6 Å². The maximum atomic E-state index is 6.06. The average molecular weight is 264 g/mol. The van der Waals surface area contributed by atoms with Crippen molar-refractivity contribution in [2.45, 2.75) is 6.92 Å². The van der Waals surface area contributed by atoms with E-state index in [0.717, 1.165) is 0 Å². The van der Waals surface area contributed by atoms with Crippen molar-refractivity contribution in [1.82, 2.24) is 0 Å². The maximum Gasteiger partial charge on any atom is 0.169 e. The highest BCUT2D eigenvalue weighted by Crippen LogP contribution is 2.35. The van der Waals surface area contributed by atoms with E-state index in [4.69, 9.17) is 26.8 Å². The quantitative estimate of drug-likeness (QED) is 0.844. The first-order chi connectivity index (χ1) is 8.70. The average Bonchev–Trinajstić information content (AvgIpc) is 2.35. The molecule has 2 aromatic carbocycles. The molecular weight excluding hydrogens is 250 g/mol. The predicted molar refractivity (Wildman–Crippen MR) is 73.5 cm³/mol. The summed E-state index contributed by atoms with van der Waals surface area (Å²) in [6, 6.07) is 12.6. The van der Waals surface area contributed by atoms with Crippen LogP contribution in [0.2, 0.25) is 5.02 Å². The molecule has 0 unspecified atom stereocenters. The van der Waals surface area contributed by atoms with E-state index < -0.39 is 0 Å². The van der Waals surface area contributed by atoms with Gasteiger partial charge in [-0.25, -0.2) is 0 Å². The Balaban J connectivity index is 2.28. The molecule has 0 heterocycles. The van der Waals surface area contributed by atoms with E-state index in [0.29, 0.717) is 34.6 Å². The first-order valence-corrected chi connectivity index (χ1v) is 6.03. The lowest BCUT2D eigenvalue weighted by molar-refractivity contribution is 0.321. The highest BCUT2D eigenvalue weighted by atomic mass is 35.5. The summed E-state index contributed by atoms with van der Waals surface area (Å²) in [7, 11) is 0. The molecule has 0 aliphatic heterocycles. The van der Waals surface area contributed by atoms with Crippen molar-refractivity contribution >= 4 is 17.3 Å². The van der Waals surface area contributed by atoms with Gasteiger partial charge in [0.2, 0.25) is 0 Å². The van der Waals surface area contributed by atoms with Crippen molar-refractivity contribution < 1.29 is 9.47 Å². The summed E-state index contributed by atoms with van der Waals surface area (Å²) in [4.78, 5) is 0. The zero-order chi connectivity index (χ0) is 13.0. The van der Waals surface area contributed by atoms with E-state index in [1.165, 1.54) is 0 Å². The van der Waals surface area contributed by atoms with E-state index >= 15 is 0 Å². The van der Waals surface area contributed by atoms with Gasteiger partial charge in [0.1, 0.15) is 5.75 Å². The number of rotatable bonds is 4. The Kier molecular flexibility index (Phi) is 3.95. The van der Waals surface area contributed by atoms with Gasteiger partial charge in [0.25, 0.3) is 0 Å². The molecule has 4 heteroatoms. The fourth-order valence-corrected chi connectivity index (χ4v) is 1.76. The molecule has 2 rings (SSSR count). The van der Waals surface area contributed by atoms with Gasteiger partial charge in [-0.05, 0) is 37.3 Å². The summed E-state index contributed by atoms with van der Waals surface area (Å²) in [5.41, 5.74) is 6.24. The van der Waals surface area contributed by atoms with Gasteiger partial charge in [-0.2, -0.15) is 0 Å². The van der Waals surface area contributed by atoms with Crippen molar-refractivity contribution in [3.05, 3.63) is 47.5 Å². The molecule has 0 aliphatic carbocycles. The third-order valence-corrected chi connectivity index (χ3v) is 2.62. The minimum Gasteiger partial charge on any atom is -0.490 e. The van der Waals surface area contributed by atoms with Crippen LogP contribution in [0.5, 0.6) is 17.2 Å². The first kappa shape index (κ1) is 12.6. The fourth-order valence-electron chi connectivity index (χ4n) is 1.53. The van der Waals surface area contributed by atoms with Crippen LogP contribution in [0.4, 0.5) is 5.69 Å². The summed E-state index contributed by atoms with van der Waals surface area (Å²) in [6.45, 7) is 2.50. The van der Waals surface area contributed by atoms with Crippen LogP contribution in [-0.2, 0) is 0 Å². The molecule has 2 aromatic rings. The van der Waals surface area contributed by atoms with E-state index in [-0.39, 0.29) is 0 Å². The number of anilines is 1. The second-order valence-electron chi connectivity index (χ2n) is 3.67. The molecule has 3 nitrogen and oxygen atoms in total. The topological polar surface area (TPSA) is 44.5 Å². The lowest BCUT2D eigenvalue weighted by Crippen LogP contribution is -1.95. The van der Waals surface area contributed by atoms with Crippen molar-refractivity contribution in [1.29, 1.82) is 0 Å². The normalized spacial score (nSPS) is 10.1. The minimum absolute atomic E-state index is 0.473. The second-order valence-corrected chi connectivity index (χ2v) is 4.08. The van der Waals surface area contributed by atoms with Crippen molar-refractivity contribution in [3.8, 4) is 17.2 Å². The number of benzene rings is 2. The highest BCUT2D eigenvalue weighted by molar-refractivity contribution is 6.32. The first-order valence-electron chi connectivity index (χ1n) is 5.65. The van der Waals surface area contributed by atoms with Gasteiger partial charge in [0.15, 0.2) is 11.5 Å². The molecule has 0 atom stereocenters. The van der Waals surface area contributed by atoms with E-state index in [1.807, 2.05) is 31.2 Å². The molecule has 0 aromatic heterocycles. The van der Waals surface area contributed by atoms with Gasteiger partial charge >= 0.3 is 0 Å². The molecule has 0 fully saturated rings. The minimum atomic E-state index is 0.473. The largest absolute Gasteiger partial charge is 0.490 e. The summed E-state index contributed by atoms with van der Waals surface area (Å²) >= 11 is 6.06.